The normalized spacial score (nSPS) is 15.7. The van der Waals surface area contributed by atoms with Gasteiger partial charge in [-0.3, -0.25) is 0 Å². The first-order valence-corrected chi connectivity index (χ1v) is 15.4. The van der Waals surface area contributed by atoms with Crippen molar-refractivity contribution in [1.82, 2.24) is 0 Å². The van der Waals surface area contributed by atoms with E-state index in [0.29, 0.717) is 5.92 Å². The molecule has 0 bridgehead atoms. The van der Waals surface area contributed by atoms with Crippen LogP contribution in [-0.4, -0.2) is 9.52 Å². The maximum Gasteiger partial charge on any atom is 0.117 e. The third kappa shape index (κ3) is 11.3. The van der Waals surface area contributed by atoms with Crippen molar-refractivity contribution in [1.29, 1.82) is 0 Å². The Morgan fingerprint density at radius 1 is 0.697 bits per heavy atom. The van der Waals surface area contributed by atoms with Crippen molar-refractivity contribution >= 4 is 14.7 Å². The van der Waals surface area contributed by atoms with Crippen LogP contribution in [0.4, 0.5) is 0 Å². The predicted octanol–water partition coefficient (Wildman–Crippen LogP) is 9.61. The predicted molar refractivity (Wildman–Crippen MR) is 151 cm³/mol. The van der Waals surface area contributed by atoms with Crippen LogP contribution in [0, 0.1) is 12.8 Å². The van der Waals surface area contributed by atoms with E-state index < -0.39 is 0 Å². The van der Waals surface area contributed by atoms with E-state index in [1.807, 2.05) is 0 Å². The lowest BCUT2D eigenvalue weighted by atomic mass is 10.0. The number of aryl methyl sites for hydroxylation is 1. The fourth-order valence-electron chi connectivity index (χ4n) is 5.19. The number of allylic oxidation sites excluding steroid dienone is 4. The molecule has 2 radical (unpaired) electrons. The maximum absolute atomic E-state index is 2.39. The molecule has 0 heterocycles. The standard InChI is InChI=1S/C32H52Si/c1-5-6-7-8-9-10-11-12-13-14-15-16-17-18-19-20-23-30-27(2)22-21-24-31(30)33-32-28(3)25-26-29(32)4/h21-22,24-26,28H,5-20,23H2,1-4H3. The lowest BCUT2D eigenvalue weighted by Gasteiger charge is -2.15. The van der Waals surface area contributed by atoms with Crippen molar-refractivity contribution in [2.24, 2.45) is 5.92 Å². The number of hydrogen-bond acceptors (Lipinski definition) is 0. The van der Waals surface area contributed by atoms with Gasteiger partial charge in [-0.1, -0.05) is 156 Å². The van der Waals surface area contributed by atoms with Gasteiger partial charge in [0.1, 0.15) is 9.52 Å². The molecule has 1 heteroatoms. The summed E-state index contributed by atoms with van der Waals surface area (Å²) in [5.41, 5.74) is 4.63. The minimum atomic E-state index is 0.618. The molecule has 0 saturated heterocycles. The van der Waals surface area contributed by atoms with Crippen molar-refractivity contribution in [2.75, 3.05) is 0 Å². The monoisotopic (exact) mass is 464 g/mol. The Bertz CT molecular complexity index is 711. The van der Waals surface area contributed by atoms with Crippen LogP contribution in [0.15, 0.2) is 41.1 Å². The van der Waals surface area contributed by atoms with Crippen molar-refractivity contribution < 1.29 is 0 Å². The van der Waals surface area contributed by atoms with Crippen LogP contribution in [0.2, 0.25) is 0 Å². The summed E-state index contributed by atoms with van der Waals surface area (Å²) in [6.07, 6.45) is 29.0. The smallest absolute Gasteiger partial charge is 0.0778 e. The zero-order valence-corrected chi connectivity index (χ0v) is 23.5. The summed E-state index contributed by atoms with van der Waals surface area (Å²) in [7, 11) is 0.842. The second kappa shape index (κ2) is 17.4. The molecule has 2 rings (SSSR count). The van der Waals surface area contributed by atoms with E-state index >= 15 is 0 Å². The Balaban J connectivity index is 1.51. The van der Waals surface area contributed by atoms with Crippen molar-refractivity contribution in [3.05, 3.63) is 52.2 Å². The van der Waals surface area contributed by atoms with E-state index in [9.17, 15) is 0 Å². The molecular weight excluding hydrogens is 412 g/mol. The van der Waals surface area contributed by atoms with Crippen LogP contribution in [0.5, 0.6) is 0 Å². The van der Waals surface area contributed by atoms with Gasteiger partial charge >= 0.3 is 0 Å². The summed E-state index contributed by atoms with van der Waals surface area (Å²) in [4.78, 5) is 0. The van der Waals surface area contributed by atoms with E-state index in [-0.39, 0.29) is 0 Å². The van der Waals surface area contributed by atoms with Gasteiger partial charge in [0, 0.05) is 0 Å². The average molecular weight is 465 g/mol. The summed E-state index contributed by atoms with van der Waals surface area (Å²) in [5, 5.41) is 3.25. The molecule has 0 aromatic heterocycles. The SMILES string of the molecule is CCCCCCCCCCCCCCCCCCc1c(C)cccc1[Si]C1=C(C)C=CC1C. The first kappa shape index (κ1) is 28.2. The van der Waals surface area contributed by atoms with Gasteiger partial charge in [-0.25, -0.2) is 0 Å². The van der Waals surface area contributed by atoms with Gasteiger partial charge in [0.05, 0.1) is 0 Å². The van der Waals surface area contributed by atoms with Gasteiger partial charge in [-0.15, -0.1) is 0 Å². The molecule has 0 amide bonds. The van der Waals surface area contributed by atoms with Crippen LogP contribution in [-0.2, 0) is 6.42 Å². The van der Waals surface area contributed by atoms with Gasteiger partial charge < -0.3 is 0 Å². The average Bonchev–Trinajstić information content (AvgIpc) is 3.12. The Kier molecular flexibility index (Phi) is 14.8. The minimum Gasteiger partial charge on any atom is -0.0778 e. The highest BCUT2D eigenvalue weighted by atomic mass is 28.2. The molecule has 1 aromatic rings. The maximum atomic E-state index is 2.39. The van der Waals surface area contributed by atoms with Crippen LogP contribution >= 0.6 is 0 Å². The highest BCUT2D eigenvalue weighted by Gasteiger charge is 2.17. The van der Waals surface area contributed by atoms with Gasteiger partial charge in [-0.05, 0) is 43.7 Å². The second-order valence-corrected chi connectivity index (χ2v) is 11.9. The van der Waals surface area contributed by atoms with Crippen LogP contribution < -0.4 is 5.19 Å². The molecule has 1 atom stereocenters. The van der Waals surface area contributed by atoms with Crippen molar-refractivity contribution in [3.63, 3.8) is 0 Å². The number of rotatable bonds is 19. The Labute approximate surface area is 209 Å². The van der Waals surface area contributed by atoms with Gasteiger partial charge in [-0.2, -0.15) is 0 Å². The molecule has 1 unspecified atom stereocenters. The van der Waals surface area contributed by atoms with E-state index in [2.05, 4.69) is 58.0 Å². The van der Waals surface area contributed by atoms with Crippen LogP contribution in [0.1, 0.15) is 135 Å². The van der Waals surface area contributed by atoms with Crippen molar-refractivity contribution in [2.45, 2.75) is 137 Å². The lowest BCUT2D eigenvalue weighted by molar-refractivity contribution is 0.529. The molecule has 1 aromatic carbocycles. The third-order valence-corrected chi connectivity index (χ3v) is 9.33. The summed E-state index contributed by atoms with van der Waals surface area (Å²) >= 11 is 0. The quantitative estimate of drug-likeness (QED) is 0.141. The van der Waals surface area contributed by atoms with E-state index in [0.717, 1.165) is 9.52 Å². The summed E-state index contributed by atoms with van der Waals surface area (Å²) in [6.45, 7) is 9.25. The van der Waals surface area contributed by atoms with Gasteiger partial charge in [0.15, 0.2) is 0 Å². The van der Waals surface area contributed by atoms with Gasteiger partial charge in [0.25, 0.3) is 0 Å². The molecule has 0 spiro atoms. The Morgan fingerprint density at radius 3 is 1.70 bits per heavy atom. The first-order chi connectivity index (χ1) is 16.1. The fourth-order valence-corrected chi connectivity index (χ4v) is 6.74. The zero-order valence-electron chi connectivity index (χ0n) is 22.5. The molecule has 184 valence electrons. The molecule has 0 fully saturated rings. The van der Waals surface area contributed by atoms with Crippen molar-refractivity contribution in [3.8, 4) is 0 Å². The second-order valence-electron chi connectivity index (χ2n) is 10.5. The Morgan fingerprint density at radius 2 is 1.21 bits per heavy atom. The molecule has 0 aliphatic heterocycles. The number of unbranched alkanes of at least 4 members (excludes halogenated alkanes) is 15. The van der Waals surface area contributed by atoms with Gasteiger partial charge in [0.2, 0.25) is 0 Å². The molecule has 0 N–H and O–H groups in total. The van der Waals surface area contributed by atoms with E-state index in [1.54, 1.807) is 15.9 Å². The molecule has 0 nitrogen and oxygen atoms in total. The molecule has 33 heavy (non-hydrogen) atoms. The van der Waals surface area contributed by atoms with E-state index in [4.69, 9.17) is 0 Å². The lowest BCUT2D eigenvalue weighted by Crippen LogP contribution is -2.24. The fraction of sp³-hybridized carbons (Fsp3) is 0.688. The highest BCUT2D eigenvalue weighted by molar-refractivity contribution is 6.62. The Hall–Kier alpha value is -1.08. The molecule has 1 aliphatic rings. The van der Waals surface area contributed by atoms with Crippen LogP contribution in [0.3, 0.4) is 0 Å². The zero-order chi connectivity index (χ0) is 23.7. The number of benzene rings is 1. The van der Waals surface area contributed by atoms with Crippen LogP contribution in [0.25, 0.3) is 0 Å². The largest absolute Gasteiger partial charge is 0.117 e. The summed E-state index contributed by atoms with van der Waals surface area (Å²) in [5.74, 6) is 0.618. The molecular formula is C32H52Si. The summed E-state index contributed by atoms with van der Waals surface area (Å²) < 4.78 is 0. The minimum absolute atomic E-state index is 0.618. The third-order valence-electron chi connectivity index (χ3n) is 7.47. The first-order valence-electron chi connectivity index (χ1n) is 14.4. The topological polar surface area (TPSA) is 0 Å². The highest BCUT2D eigenvalue weighted by Crippen LogP contribution is 2.24. The van der Waals surface area contributed by atoms with E-state index in [1.165, 1.54) is 120 Å². The summed E-state index contributed by atoms with van der Waals surface area (Å²) in [6, 6.07) is 6.96. The number of hydrogen-bond donors (Lipinski definition) is 0. The molecule has 0 saturated carbocycles. The molecule has 1 aliphatic carbocycles.